The summed E-state index contributed by atoms with van der Waals surface area (Å²) in [6.45, 7) is 4.15. The van der Waals surface area contributed by atoms with Gasteiger partial charge in [0.2, 0.25) is 17.7 Å². The van der Waals surface area contributed by atoms with Crippen molar-refractivity contribution in [2.24, 2.45) is 5.41 Å². The number of amides is 2. The highest BCUT2D eigenvalue weighted by molar-refractivity contribution is 5.94. The molecule has 0 aromatic carbocycles. The molecule has 5 heterocycles. The molecule has 2 fully saturated rings. The summed E-state index contributed by atoms with van der Waals surface area (Å²) in [7, 11) is 0. The number of likely N-dealkylation sites (tertiary alicyclic amines) is 2. The standard InChI is InChI=1S/C24H26N6O3/c1-17-27-28-22(33-17)20-15-30(23(32)19-5-3-9-26-14-19)16-24(20)6-10-29(11-7-24)21(31)12-18-4-2-8-25-13-18/h2-5,8-9,13-14,20H,6-7,10-12,15-16H2,1H3. The van der Waals surface area contributed by atoms with E-state index < -0.39 is 0 Å². The quantitative estimate of drug-likeness (QED) is 0.605. The Bertz CT molecular complexity index is 1130. The van der Waals surface area contributed by atoms with E-state index >= 15 is 0 Å². The van der Waals surface area contributed by atoms with Crippen LogP contribution >= 0.6 is 0 Å². The number of piperidine rings is 1. The largest absolute Gasteiger partial charge is 0.425 e. The van der Waals surface area contributed by atoms with Crippen molar-refractivity contribution < 1.29 is 14.0 Å². The zero-order chi connectivity index (χ0) is 22.8. The van der Waals surface area contributed by atoms with Gasteiger partial charge in [0, 0.05) is 63.3 Å². The minimum Gasteiger partial charge on any atom is -0.425 e. The van der Waals surface area contributed by atoms with Gasteiger partial charge in [0.05, 0.1) is 17.9 Å². The first-order valence-electron chi connectivity index (χ1n) is 11.2. The van der Waals surface area contributed by atoms with Gasteiger partial charge in [0.15, 0.2) is 0 Å². The highest BCUT2D eigenvalue weighted by atomic mass is 16.4. The number of aryl methyl sites for hydroxylation is 1. The van der Waals surface area contributed by atoms with Crippen molar-refractivity contribution in [1.82, 2.24) is 30.0 Å². The maximum absolute atomic E-state index is 13.2. The van der Waals surface area contributed by atoms with Gasteiger partial charge in [-0.1, -0.05) is 6.07 Å². The average molecular weight is 447 g/mol. The van der Waals surface area contributed by atoms with E-state index in [0.717, 1.165) is 18.4 Å². The second kappa shape index (κ2) is 8.73. The van der Waals surface area contributed by atoms with E-state index in [1.165, 1.54) is 0 Å². The highest BCUT2D eigenvalue weighted by Crippen LogP contribution is 2.49. The smallest absolute Gasteiger partial charge is 0.255 e. The molecule has 1 spiro atoms. The average Bonchev–Trinajstić information content (AvgIpc) is 3.44. The summed E-state index contributed by atoms with van der Waals surface area (Å²) in [5.74, 6) is 1.08. The van der Waals surface area contributed by atoms with Crippen molar-refractivity contribution in [3.05, 3.63) is 72.0 Å². The Morgan fingerprint density at radius 2 is 1.82 bits per heavy atom. The Morgan fingerprint density at radius 3 is 2.45 bits per heavy atom. The van der Waals surface area contributed by atoms with Crippen LogP contribution in [0.1, 0.15) is 46.5 Å². The molecule has 9 nitrogen and oxygen atoms in total. The lowest BCUT2D eigenvalue weighted by atomic mass is 9.70. The molecule has 170 valence electrons. The molecule has 0 bridgehead atoms. The van der Waals surface area contributed by atoms with Crippen molar-refractivity contribution >= 4 is 11.8 Å². The first-order chi connectivity index (χ1) is 16.0. The summed E-state index contributed by atoms with van der Waals surface area (Å²) in [6, 6.07) is 7.32. The second-order valence-corrected chi connectivity index (χ2v) is 8.92. The first kappa shape index (κ1) is 21.2. The van der Waals surface area contributed by atoms with E-state index in [4.69, 9.17) is 4.42 Å². The number of carbonyl (C=O) groups is 2. The predicted molar refractivity (Wildman–Crippen MR) is 118 cm³/mol. The molecule has 0 saturated carbocycles. The van der Waals surface area contributed by atoms with E-state index in [1.54, 1.807) is 43.8 Å². The Hall–Kier alpha value is -3.62. The Balaban J connectivity index is 1.33. The molecule has 1 unspecified atom stereocenters. The number of nitrogens with zero attached hydrogens (tertiary/aromatic N) is 6. The lowest BCUT2D eigenvalue weighted by molar-refractivity contribution is -0.132. The minimum atomic E-state index is -0.206. The number of rotatable bonds is 4. The summed E-state index contributed by atoms with van der Waals surface area (Å²) < 4.78 is 5.82. The van der Waals surface area contributed by atoms with Gasteiger partial charge in [-0.2, -0.15) is 0 Å². The molecular weight excluding hydrogens is 420 g/mol. The third-order valence-electron chi connectivity index (χ3n) is 6.87. The lowest BCUT2D eigenvalue weighted by Crippen LogP contribution is -2.46. The molecule has 33 heavy (non-hydrogen) atoms. The molecule has 2 amide bonds. The molecule has 2 aliphatic heterocycles. The zero-order valence-electron chi connectivity index (χ0n) is 18.6. The maximum atomic E-state index is 13.2. The van der Waals surface area contributed by atoms with Gasteiger partial charge in [0.1, 0.15) is 0 Å². The molecule has 0 aliphatic carbocycles. The lowest BCUT2D eigenvalue weighted by Gasteiger charge is -2.41. The van der Waals surface area contributed by atoms with E-state index in [0.29, 0.717) is 49.9 Å². The zero-order valence-corrected chi connectivity index (χ0v) is 18.6. The number of hydrogen-bond acceptors (Lipinski definition) is 7. The molecule has 0 radical (unpaired) electrons. The van der Waals surface area contributed by atoms with Crippen molar-refractivity contribution in [1.29, 1.82) is 0 Å². The number of hydrogen-bond donors (Lipinski definition) is 0. The maximum Gasteiger partial charge on any atom is 0.255 e. The van der Waals surface area contributed by atoms with Crippen LogP contribution in [0.2, 0.25) is 0 Å². The second-order valence-electron chi connectivity index (χ2n) is 8.92. The van der Waals surface area contributed by atoms with E-state index in [-0.39, 0.29) is 23.1 Å². The van der Waals surface area contributed by atoms with E-state index in [2.05, 4.69) is 20.2 Å². The van der Waals surface area contributed by atoms with Crippen LogP contribution < -0.4 is 0 Å². The summed E-state index contributed by atoms with van der Waals surface area (Å²) >= 11 is 0. The molecule has 2 saturated heterocycles. The SMILES string of the molecule is Cc1nnc(C2CN(C(=O)c3cccnc3)CC23CCN(C(=O)Cc2cccnc2)CC3)o1. The van der Waals surface area contributed by atoms with Gasteiger partial charge in [0.25, 0.3) is 5.91 Å². The summed E-state index contributed by atoms with van der Waals surface area (Å²) in [6.07, 6.45) is 8.58. The fourth-order valence-corrected chi connectivity index (χ4v) is 5.09. The van der Waals surface area contributed by atoms with Gasteiger partial charge < -0.3 is 14.2 Å². The van der Waals surface area contributed by atoms with Crippen LogP contribution in [0.4, 0.5) is 0 Å². The molecule has 5 rings (SSSR count). The van der Waals surface area contributed by atoms with Gasteiger partial charge >= 0.3 is 0 Å². The summed E-state index contributed by atoms with van der Waals surface area (Å²) in [5.41, 5.74) is 1.28. The molecule has 1 atom stereocenters. The number of carbonyl (C=O) groups excluding carboxylic acids is 2. The molecule has 3 aromatic rings. The van der Waals surface area contributed by atoms with Crippen molar-refractivity contribution in [3.8, 4) is 0 Å². The van der Waals surface area contributed by atoms with Crippen molar-refractivity contribution in [2.75, 3.05) is 26.2 Å². The molecule has 0 N–H and O–H groups in total. The normalized spacial score (nSPS) is 19.7. The van der Waals surface area contributed by atoms with Gasteiger partial charge in [-0.3, -0.25) is 19.6 Å². The predicted octanol–water partition coefficient (Wildman–Crippen LogP) is 2.26. The Labute approximate surface area is 191 Å². The summed E-state index contributed by atoms with van der Waals surface area (Å²) in [5, 5.41) is 8.33. The van der Waals surface area contributed by atoms with E-state index in [1.807, 2.05) is 21.9 Å². The fraction of sp³-hybridized carbons (Fsp3) is 0.417. The third kappa shape index (κ3) is 4.22. The van der Waals surface area contributed by atoms with E-state index in [9.17, 15) is 9.59 Å². The summed E-state index contributed by atoms with van der Waals surface area (Å²) in [4.78, 5) is 38.0. The topological polar surface area (TPSA) is 105 Å². The third-order valence-corrected chi connectivity index (χ3v) is 6.87. The Morgan fingerprint density at radius 1 is 1.06 bits per heavy atom. The van der Waals surface area contributed by atoms with Crippen LogP contribution in [0, 0.1) is 12.3 Å². The monoisotopic (exact) mass is 446 g/mol. The van der Waals surface area contributed by atoms with Crippen molar-refractivity contribution in [3.63, 3.8) is 0 Å². The van der Waals surface area contributed by atoms with Gasteiger partial charge in [-0.15, -0.1) is 10.2 Å². The van der Waals surface area contributed by atoms with Crippen LogP contribution in [0.15, 0.2) is 53.5 Å². The number of pyridine rings is 2. The molecule has 3 aromatic heterocycles. The highest BCUT2D eigenvalue weighted by Gasteiger charge is 2.52. The van der Waals surface area contributed by atoms with Crippen LogP contribution in [0.5, 0.6) is 0 Å². The first-order valence-corrected chi connectivity index (χ1v) is 11.2. The number of aromatic nitrogens is 4. The van der Waals surface area contributed by atoms with Crippen LogP contribution in [0.3, 0.4) is 0 Å². The van der Waals surface area contributed by atoms with Crippen LogP contribution in [-0.2, 0) is 11.2 Å². The Kier molecular flexibility index (Phi) is 5.62. The molecule has 9 heteroatoms. The van der Waals surface area contributed by atoms with Crippen LogP contribution in [0.25, 0.3) is 0 Å². The van der Waals surface area contributed by atoms with Crippen molar-refractivity contribution in [2.45, 2.75) is 32.1 Å². The minimum absolute atomic E-state index is 0.0451. The fourth-order valence-electron chi connectivity index (χ4n) is 5.09. The van der Waals surface area contributed by atoms with Gasteiger partial charge in [-0.05, 0) is 36.6 Å². The molecular formula is C24H26N6O3. The van der Waals surface area contributed by atoms with Gasteiger partial charge in [-0.25, -0.2) is 0 Å². The van der Waals surface area contributed by atoms with Crippen LogP contribution in [-0.4, -0.2) is 68.0 Å². The molecule has 2 aliphatic rings.